The second-order valence-corrected chi connectivity index (χ2v) is 7.46. The summed E-state index contributed by atoms with van der Waals surface area (Å²) in [7, 11) is 0. The number of ether oxygens (including phenoxy) is 1. The van der Waals surface area contributed by atoms with Crippen LogP contribution in [0.5, 0.6) is 5.75 Å². The molecule has 2 unspecified atom stereocenters. The average Bonchev–Trinajstić information content (AvgIpc) is 3.38. The molecule has 3 heterocycles. The van der Waals surface area contributed by atoms with Gasteiger partial charge in [0.25, 0.3) is 5.91 Å². The summed E-state index contributed by atoms with van der Waals surface area (Å²) in [6.45, 7) is 4.96. The topological polar surface area (TPSA) is 92.9 Å². The van der Waals surface area contributed by atoms with Gasteiger partial charge >= 0.3 is 5.97 Å². The Morgan fingerprint density at radius 2 is 2.11 bits per heavy atom. The molecule has 7 nitrogen and oxygen atoms in total. The van der Waals surface area contributed by atoms with Crippen LogP contribution in [0.15, 0.2) is 28.8 Å². The first kappa shape index (κ1) is 17.6. The van der Waals surface area contributed by atoms with Gasteiger partial charge in [-0.25, -0.2) is 0 Å². The van der Waals surface area contributed by atoms with Crippen molar-refractivity contribution in [3.8, 4) is 17.1 Å². The Bertz CT molecular complexity index is 888. The van der Waals surface area contributed by atoms with Gasteiger partial charge in [-0.3, -0.25) is 9.59 Å². The minimum atomic E-state index is -0.856. The van der Waals surface area contributed by atoms with Gasteiger partial charge in [0.1, 0.15) is 5.75 Å². The molecule has 0 aliphatic carbocycles. The number of aliphatic carboxylic acids is 1. The average molecular weight is 370 g/mol. The molecule has 1 aromatic carbocycles. The van der Waals surface area contributed by atoms with Crippen LogP contribution in [-0.4, -0.2) is 46.2 Å². The van der Waals surface area contributed by atoms with Crippen molar-refractivity contribution >= 4 is 11.9 Å². The highest BCUT2D eigenvalue weighted by Crippen LogP contribution is 2.33. The number of amides is 1. The lowest BCUT2D eigenvalue weighted by Gasteiger charge is -2.29. The fraction of sp³-hybridized carbons (Fsp3) is 0.450. The SMILES string of the molecule is CC(C)C1C(C(=O)O)CCN1C(=O)c1cc(-c2ccc3c(c2)CCO3)on1. The molecular weight excluding hydrogens is 348 g/mol. The van der Waals surface area contributed by atoms with Crippen molar-refractivity contribution in [1.82, 2.24) is 10.1 Å². The molecule has 2 aromatic rings. The molecule has 142 valence electrons. The van der Waals surface area contributed by atoms with Crippen LogP contribution in [0.1, 0.15) is 36.3 Å². The number of nitrogens with zero attached hydrogens (tertiary/aromatic N) is 2. The minimum Gasteiger partial charge on any atom is -0.493 e. The molecule has 1 fully saturated rings. The van der Waals surface area contributed by atoms with Gasteiger partial charge in [-0.1, -0.05) is 19.0 Å². The van der Waals surface area contributed by atoms with Crippen LogP contribution < -0.4 is 4.74 Å². The summed E-state index contributed by atoms with van der Waals surface area (Å²) in [6.07, 6.45) is 1.31. The van der Waals surface area contributed by atoms with E-state index < -0.39 is 11.9 Å². The van der Waals surface area contributed by atoms with E-state index in [2.05, 4.69) is 5.16 Å². The largest absolute Gasteiger partial charge is 0.493 e. The Kier molecular flexibility index (Phi) is 4.37. The second-order valence-electron chi connectivity index (χ2n) is 7.46. The number of carboxylic acids is 1. The Balaban J connectivity index is 1.58. The molecule has 0 bridgehead atoms. The Morgan fingerprint density at radius 1 is 1.30 bits per heavy atom. The maximum atomic E-state index is 13.0. The van der Waals surface area contributed by atoms with Gasteiger partial charge in [0.15, 0.2) is 11.5 Å². The summed E-state index contributed by atoms with van der Waals surface area (Å²) in [6, 6.07) is 7.06. The zero-order valence-corrected chi connectivity index (χ0v) is 15.3. The molecule has 2 aliphatic rings. The highest BCUT2D eigenvalue weighted by Gasteiger charge is 2.43. The molecule has 7 heteroatoms. The van der Waals surface area contributed by atoms with Crippen molar-refractivity contribution in [2.75, 3.05) is 13.2 Å². The fourth-order valence-electron chi connectivity index (χ4n) is 4.15. The molecule has 27 heavy (non-hydrogen) atoms. The molecule has 1 aromatic heterocycles. The van der Waals surface area contributed by atoms with Crippen molar-refractivity contribution in [2.45, 2.75) is 32.7 Å². The summed E-state index contributed by atoms with van der Waals surface area (Å²) in [4.78, 5) is 26.1. The molecule has 2 atom stereocenters. The van der Waals surface area contributed by atoms with Gasteiger partial charge in [0.2, 0.25) is 0 Å². The van der Waals surface area contributed by atoms with Gasteiger partial charge < -0.3 is 19.3 Å². The molecule has 4 rings (SSSR count). The van der Waals surface area contributed by atoms with Gasteiger partial charge in [0, 0.05) is 30.6 Å². The maximum Gasteiger partial charge on any atom is 0.308 e. The number of carbonyl (C=O) groups is 2. The number of likely N-dealkylation sites (tertiary alicyclic amines) is 1. The van der Waals surface area contributed by atoms with E-state index in [0.717, 1.165) is 23.3 Å². The third-order valence-corrected chi connectivity index (χ3v) is 5.42. The van der Waals surface area contributed by atoms with Crippen LogP contribution in [0, 0.1) is 11.8 Å². The first-order valence-electron chi connectivity index (χ1n) is 9.22. The molecule has 0 saturated carbocycles. The van der Waals surface area contributed by atoms with Gasteiger partial charge in [-0.05, 0) is 36.1 Å². The number of benzene rings is 1. The van der Waals surface area contributed by atoms with Crippen LogP contribution in [0.25, 0.3) is 11.3 Å². The van der Waals surface area contributed by atoms with Crippen molar-refractivity contribution in [2.24, 2.45) is 11.8 Å². The Morgan fingerprint density at radius 3 is 2.85 bits per heavy atom. The number of hydrogen-bond acceptors (Lipinski definition) is 5. The van der Waals surface area contributed by atoms with E-state index in [1.54, 1.807) is 11.0 Å². The lowest BCUT2D eigenvalue weighted by atomic mass is 9.91. The molecular formula is C20H22N2O5. The van der Waals surface area contributed by atoms with Crippen LogP contribution >= 0.6 is 0 Å². The summed E-state index contributed by atoms with van der Waals surface area (Å²) < 4.78 is 10.9. The highest BCUT2D eigenvalue weighted by atomic mass is 16.5. The molecule has 2 aliphatic heterocycles. The standard InChI is InChI=1S/C20H22N2O5/c1-11(2)18-14(20(24)25)5-7-22(18)19(23)15-10-17(27-21-15)12-3-4-16-13(9-12)6-8-26-16/h3-4,9-11,14,18H,5-8H2,1-2H3,(H,24,25). The fourth-order valence-corrected chi connectivity index (χ4v) is 4.15. The summed E-state index contributed by atoms with van der Waals surface area (Å²) in [5, 5.41) is 13.4. The number of carbonyl (C=O) groups excluding carboxylic acids is 1. The zero-order chi connectivity index (χ0) is 19.1. The lowest BCUT2D eigenvalue weighted by molar-refractivity contribution is -0.142. The van der Waals surface area contributed by atoms with Gasteiger partial charge in [-0.15, -0.1) is 0 Å². The number of aromatic nitrogens is 1. The van der Waals surface area contributed by atoms with E-state index in [-0.39, 0.29) is 23.6 Å². The van der Waals surface area contributed by atoms with Crippen molar-refractivity contribution in [3.05, 3.63) is 35.5 Å². The number of rotatable bonds is 4. The van der Waals surface area contributed by atoms with Gasteiger partial charge in [-0.2, -0.15) is 0 Å². The number of hydrogen-bond donors (Lipinski definition) is 1. The van der Waals surface area contributed by atoms with E-state index in [4.69, 9.17) is 9.26 Å². The Hall–Kier alpha value is -2.83. The molecule has 0 spiro atoms. The van der Waals surface area contributed by atoms with Gasteiger partial charge in [0.05, 0.1) is 12.5 Å². The highest BCUT2D eigenvalue weighted by molar-refractivity contribution is 5.94. The van der Waals surface area contributed by atoms with Crippen molar-refractivity contribution in [1.29, 1.82) is 0 Å². The normalized spacial score (nSPS) is 21.4. The van der Waals surface area contributed by atoms with Crippen molar-refractivity contribution < 1.29 is 24.0 Å². The number of fused-ring (bicyclic) bond motifs is 1. The zero-order valence-electron chi connectivity index (χ0n) is 15.3. The quantitative estimate of drug-likeness (QED) is 0.890. The van der Waals surface area contributed by atoms with Crippen molar-refractivity contribution in [3.63, 3.8) is 0 Å². The Labute approximate surface area is 156 Å². The lowest BCUT2D eigenvalue weighted by Crippen LogP contribution is -2.43. The predicted octanol–water partition coefficient (Wildman–Crippen LogP) is 2.85. The number of carboxylic acid groups (broad SMARTS) is 1. The molecule has 0 radical (unpaired) electrons. The summed E-state index contributed by atoms with van der Waals surface area (Å²) in [5.74, 6) is -0.242. The van der Waals surface area contributed by atoms with E-state index in [1.165, 1.54) is 0 Å². The van der Waals surface area contributed by atoms with E-state index in [1.807, 2.05) is 32.0 Å². The maximum absolute atomic E-state index is 13.0. The third kappa shape index (κ3) is 3.07. The molecule has 1 amide bonds. The molecule has 1 saturated heterocycles. The second kappa shape index (κ2) is 6.72. The van der Waals surface area contributed by atoms with Crippen LogP contribution in [0.4, 0.5) is 0 Å². The molecule has 1 N–H and O–H groups in total. The first-order chi connectivity index (χ1) is 13.0. The van der Waals surface area contributed by atoms with Crippen LogP contribution in [0.3, 0.4) is 0 Å². The predicted molar refractivity (Wildman–Crippen MR) is 96.5 cm³/mol. The van der Waals surface area contributed by atoms with E-state index in [9.17, 15) is 14.7 Å². The summed E-state index contributed by atoms with van der Waals surface area (Å²) in [5.41, 5.74) is 2.16. The van der Waals surface area contributed by atoms with Crippen LogP contribution in [0.2, 0.25) is 0 Å². The summed E-state index contributed by atoms with van der Waals surface area (Å²) >= 11 is 0. The minimum absolute atomic E-state index is 0.0423. The van der Waals surface area contributed by atoms with Crippen LogP contribution in [-0.2, 0) is 11.2 Å². The monoisotopic (exact) mass is 370 g/mol. The van der Waals surface area contributed by atoms with E-state index in [0.29, 0.717) is 25.3 Å². The first-order valence-corrected chi connectivity index (χ1v) is 9.22. The van der Waals surface area contributed by atoms with E-state index >= 15 is 0 Å². The smallest absolute Gasteiger partial charge is 0.308 e. The third-order valence-electron chi connectivity index (χ3n) is 5.42.